The SMILES string of the molecule is CCCCCCCCC[C@@H]1Cc2ccccc2C[C@H]1C(=O)Nc1c(SC)nc(C)nc1SC. The van der Waals surface area contributed by atoms with Gasteiger partial charge in [0.25, 0.3) is 0 Å². The Morgan fingerprint density at radius 2 is 1.52 bits per heavy atom. The van der Waals surface area contributed by atoms with E-state index in [1.165, 1.54) is 56.1 Å². The number of rotatable bonds is 12. The largest absolute Gasteiger partial charge is 0.321 e. The number of carbonyl (C=O) groups is 1. The zero-order valence-electron chi connectivity index (χ0n) is 20.7. The number of amides is 1. The molecule has 0 bridgehead atoms. The zero-order valence-corrected chi connectivity index (χ0v) is 22.3. The van der Waals surface area contributed by atoms with Crippen molar-refractivity contribution < 1.29 is 4.79 Å². The highest BCUT2D eigenvalue weighted by Crippen LogP contribution is 2.37. The van der Waals surface area contributed by atoms with Crippen LogP contribution >= 0.6 is 23.5 Å². The molecule has 0 radical (unpaired) electrons. The number of aryl methyl sites for hydroxylation is 1. The van der Waals surface area contributed by atoms with Crippen molar-refractivity contribution in [2.45, 2.75) is 88.1 Å². The second kappa shape index (κ2) is 13.4. The number of thioether (sulfide) groups is 2. The second-order valence-corrected chi connectivity index (χ2v) is 10.7. The summed E-state index contributed by atoms with van der Waals surface area (Å²) in [7, 11) is 0. The number of anilines is 1. The fourth-order valence-electron chi connectivity index (χ4n) is 4.90. The topological polar surface area (TPSA) is 54.9 Å². The zero-order chi connectivity index (χ0) is 23.6. The molecule has 1 amide bonds. The standard InChI is InChI=1S/C27H39N3OS2/c1-5-6-7-8-9-10-11-16-22-17-20-14-12-13-15-21(20)18-23(22)25(31)30-24-26(32-3)28-19(2)29-27(24)33-4/h12-15,22-23H,5-11,16-18H2,1-4H3,(H,30,31)/t22-,23-/m1/s1. The molecule has 1 aromatic carbocycles. The molecule has 1 N–H and O–H groups in total. The molecule has 1 aliphatic carbocycles. The molecule has 2 aromatic rings. The van der Waals surface area contributed by atoms with Crippen LogP contribution in [-0.2, 0) is 17.6 Å². The maximum Gasteiger partial charge on any atom is 0.228 e. The van der Waals surface area contributed by atoms with Crippen LogP contribution in [0, 0.1) is 18.8 Å². The average Bonchev–Trinajstić information content (AvgIpc) is 2.83. The Morgan fingerprint density at radius 1 is 0.939 bits per heavy atom. The van der Waals surface area contributed by atoms with Gasteiger partial charge in [-0.2, -0.15) is 0 Å². The Bertz CT molecular complexity index is 893. The molecule has 2 atom stereocenters. The second-order valence-electron chi connectivity index (χ2n) is 9.11. The molecule has 0 aliphatic heterocycles. The van der Waals surface area contributed by atoms with Crippen LogP contribution in [0.2, 0.25) is 0 Å². The number of carbonyl (C=O) groups excluding carboxylic acids is 1. The number of benzene rings is 1. The summed E-state index contributed by atoms with van der Waals surface area (Å²) in [5, 5.41) is 4.95. The summed E-state index contributed by atoms with van der Waals surface area (Å²) in [6.07, 6.45) is 16.1. The lowest BCUT2D eigenvalue weighted by molar-refractivity contribution is -0.121. The maximum absolute atomic E-state index is 13.6. The molecule has 1 aromatic heterocycles. The summed E-state index contributed by atoms with van der Waals surface area (Å²) in [6, 6.07) is 8.65. The summed E-state index contributed by atoms with van der Waals surface area (Å²) < 4.78 is 0. The first kappa shape index (κ1) is 26.1. The van der Waals surface area contributed by atoms with E-state index in [-0.39, 0.29) is 11.8 Å². The van der Waals surface area contributed by atoms with E-state index in [0.29, 0.717) is 5.92 Å². The summed E-state index contributed by atoms with van der Waals surface area (Å²) in [4.78, 5) is 22.8. The molecule has 3 rings (SSSR count). The van der Waals surface area contributed by atoms with Gasteiger partial charge in [-0.05, 0) is 55.7 Å². The fraction of sp³-hybridized carbons (Fsp3) is 0.593. The summed E-state index contributed by atoms with van der Waals surface area (Å²) in [5.41, 5.74) is 3.52. The molecule has 0 saturated carbocycles. The highest BCUT2D eigenvalue weighted by molar-refractivity contribution is 7.99. The van der Waals surface area contributed by atoms with Gasteiger partial charge in [-0.1, -0.05) is 76.1 Å². The summed E-state index contributed by atoms with van der Waals surface area (Å²) >= 11 is 3.13. The van der Waals surface area contributed by atoms with E-state index in [4.69, 9.17) is 0 Å². The van der Waals surface area contributed by atoms with Crippen molar-refractivity contribution in [3.05, 3.63) is 41.2 Å². The summed E-state index contributed by atoms with van der Waals surface area (Å²) in [6.45, 7) is 4.17. The quantitative estimate of drug-likeness (QED) is 0.194. The molecule has 0 saturated heterocycles. The van der Waals surface area contributed by atoms with Crippen LogP contribution < -0.4 is 5.32 Å². The lowest BCUT2D eigenvalue weighted by Crippen LogP contribution is -2.36. The predicted octanol–water partition coefficient (Wildman–Crippen LogP) is 7.34. The van der Waals surface area contributed by atoms with Crippen LogP contribution in [-0.4, -0.2) is 28.4 Å². The molecule has 1 aliphatic rings. The third-order valence-corrected chi connectivity index (χ3v) is 8.08. The number of fused-ring (bicyclic) bond motifs is 1. The van der Waals surface area contributed by atoms with Gasteiger partial charge in [0.1, 0.15) is 21.6 Å². The van der Waals surface area contributed by atoms with Gasteiger partial charge in [-0.3, -0.25) is 4.79 Å². The van der Waals surface area contributed by atoms with Crippen molar-refractivity contribution >= 4 is 35.1 Å². The average molecular weight is 486 g/mol. The first-order chi connectivity index (χ1) is 16.1. The Labute approximate surface area is 208 Å². The molecule has 4 nitrogen and oxygen atoms in total. The van der Waals surface area contributed by atoms with Gasteiger partial charge in [0, 0.05) is 5.92 Å². The normalized spacial score (nSPS) is 17.6. The van der Waals surface area contributed by atoms with Crippen molar-refractivity contribution in [1.29, 1.82) is 0 Å². The van der Waals surface area contributed by atoms with Crippen LogP contribution in [0.15, 0.2) is 34.3 Å². The number of hydrogen-bond donors (Lipinski definition) is 1. The molecular formula is C27H39N3OS2. The van der Waals surface area contributed by atoms with Gasteiger partial charge in [0.15, 0.2) is 0 Å². The Kier molecular flexibility index (Phi) is 10.6. The van der Waals surface area contributed by atoms with E-state index in [0.717, 1.165) is 40.8 Å². The fourth-order valence-corrected chi connectivity index (χ4v) is 6.11. The monoisotopic (exact) mass is 485 g/mol. The van der Waals surface area contributed by atoms with Gasteiger partial charge in [-0.15, -0.1) is 23.5 Å². The maximum atomic E-state index is 13.6. The van der Waals surface area contributed by atoms with E-state index in [1.54, 1.807) is 23.5 Å². The van der Waals surface area contributed by atoms with Crippen molar-refractivity contribution in [3.63, 3.8) is 0 Å². The summed E-state index contributed by atoms with van der Waals surface area (Å²) in [5.74, 6) is 1.24. The van der Waals surface area contributed by atoms with E-state index >= 15 is 0 Å². The third kappa shape index (κ3) is 7.22. The minimum Gasteiger partial charge on any atom is -0.321 e. The van der Waals surface area contributed by atoms with Gasteiger partial charge in [-0.25, -0.2) is 9.97 Å². The highest BCUT2D eigenvalue weighted by atomic mass is 32.2. The van der Waals surface area contributed by atoms with E-state index in [2.05, 4.69) is 46.5 Å². The Hall–Kier alpha value is -1.53. The smallest absolute Gasteiger partial charge is 0.228 e. The van der Waals surface area contributed by atoms with Crippen molar-refractivity contribution in [2.75, 3.05) is 17.8 Å². The minimum atomic E-state index is -0.00860. The van der Waals surface area contributed by atoms with Crippen LogP contribution in [0.4, 0.5) is 5.69 Å². The number of aromatic nitrogens is 2. The van der Waals surface area contributed by atoms with Gasteiger partial charge in [0.05, 0.1) is 0 Å². The number of nitrogens with one attached hydrogen (secondary N) is 1. The molecule has 33 heavy (non-hydrogen) atoms. The van der Waals surface area contributed by atoms with Crippen molar-refractivity contribution in [2.24, 2.45) is 11.8 Å². The van der Waals surface area contributed by atoms with Crippen LogP contribution in [0.3, 0.4) is 0 Å². The first-order valence-corrected chi connectivity index (χ1v) is 14.9. The van der Waals surface area contributed by atoms with Gasteiger partial charge in [0.2, 0.25) is 5.91 Å². The van der Waals surface area contributed by atoms with Crippen LogP contribution in [0.1, 0.15) is 75.2 Å². The van der Waals surface area contributed by atoms with E-state index in [9.17, 15) is 4.79 Å². The van der Waals surface area contributed by atoms with Crippen molar-refractivity contribution in [3.8, 4) is 0 Å². The van der Waals surface area contributed by atoms with E-state index in [1.807, 2.05) is 19.4 Å². The lowest BCUT2D eigenvalue weighted by atomic mass is 9.73. The van der Waals surface area contributed by atoms with Gasteiger partial charge >= 0.3 is 0 Å². The molecular weight excluding hydrogens is 446 g/mol. The third-order valence-electron chi connectivity index (χ3n) is 6.71. The number of nitrogens with zero attached hydrogens (tertiary/aromatic N) is 2. The number of hydrogen-bond acceptors (Lipinski definition) is 5. The molecule has 1 heterocycles. The van der Waals surface area contributed by atoms with Crippen LogP contribution in [0.5, 0.6) is 0 Å². The minimum absolute atomic E-state index is 0.00860. The Balaban J connectivity index is 1.72. The number of unbranched alkanes of at least 4 members (excludes halogenated alkanes) is 6. The molecule has 0 unspecified atom stereocenters. The predicted molar refractivity (Wildman–Crippen MR) is 142 cm³/mol. The molecule has 0 spiro atoms. The first-order valence-electron chi connectivity index (χ1n) is 12.4. The molecule has 6 heteroatoms. The van der Waals surface area contributed by atoms with Crippen LogP contribution in [0.25, 0.3) is 0 Å². The molecule has 180 valence electrons. The Morgan fingerprint density at radius 3 is 2.12 bits per heavy atom. The lowest BCUT2D eigenvalue weighted by Gasteiger charge is -2.32. The highest BCUT2D eigenvalue weighted by Gasteiger charge is 2.34. The van der Waals surface area contributed by atoms with Gasteiger partial charge < -0.3 is 5.32 Å². The van der Waals surface area contributed by atoms with E-state index < -0.39 is 0 Å². The molecule has 0 fully saturated rings. The van der Waals surface area contributed by atoms with Crippen molar-refractivity contribution in [1.82, 2.24) is 9.97 Å².